The summed E-state index contributed by atoms with van der Waals surface area (Å²) in [6.07, 6.45) is 0.972. The predicted molar refractivity (Wildman–Crippen MR) is 86.0 cm³/mol. The first-order valence-corrected chi connectivity index (χ1v) is 7.26. The first-order chi connectivity index (χ1) is 10.1. The summed E-state index contributed by atoms with van der Waals surface area (Å²) in [6.45, 7) is 4.60. The second-order valence-corrected chi connectivity index (χ2v) is 5.17. The van der Waals surface area contributed by atoms with Gasteiger partial charge in [0.05, 0.1) is 13.2 Å². The number of aryl methyl sites for hydroxylation is 2. The van der Waals surface area contributed by atoms with Crippen LogP contribution in [0.4, 0.5) is 0 Å². The third-order valence-corrected chi connectivity index (χ3v) is 3.52. The van der Waals surface area contributed by atoms with E-state index in [-0.39, 0.29) is 6.04 Å². The highest BCUT2D eigenvalue weighted by Gasteiger charge is 2.10. The van der Waals surface area contributed by atoms with Gasteiger partial charge in [-0.25, -0.2) is 0 Å². The normalized spacial score (nSPS) is 12.0. The van der Waals surface area contributed by atoms with Crippen molar-refractivity contribution in [3.8, 4) is 11.5 Å². The summed E-state index contributed by atoms with van der Waals surface area (Å²) in [4.78, 5) is 0. The van der Waals surface area contributed by atoms with Crippen LogP contribution in [-0.4, -0.2) is 13.7 Å². The van der Waals surface area contributed by atoms with E-state index in [1.54, 1.807) is 7.11 Å². The molecule has 0 aliphatic carbocycles. The van der Waals surface area contributed by atoms with Crippen LogP contribution < -0.4 is 15.2 Å². The number of hydrogen-bond donors (Lipinski definition) is 1. The molecule has 0 radical (unpaired) electrons. The fourth-order valence-electron chi connectivity index (χ4n) is 2.23. The molecule has 2 N–H and O–H groups in total. The summed E-state index contributed by atoms with van der Waals surface area (Å²) in [6, 6.07) is 14.0. The molecular weight excluding hydrogens is 262 g/mol. The molecule has 0 spiro atoms. The van der Waals surface area contributed by atoms with E-state index >= 15 is 0 Å². The van der Waals surface area contributed by atoms with Crippen molar-refractivity contribution < 1.29 is 9.47 Å². The Kier molecular flexibility index (Phi) is 5.23. The van der Waals surface area contributed by atoms with Crippen LogP contribution in [0.5, 0.6) is 11.5 Å². The monoisotopic (exact) mass is 285 g/mol. The Balaban J connectivity index is 2.05. The van der Waals surface area contributed by atoms with Gasteiger partial charge in [0.15, 0.2) is 11.5 Å². The van der Waals surface area contributed by atoms with Crippen LogP contribution >= 0.6 is 0 Å². The minimum Gasteiger partial charge on any atom is -0.493 e. The van der Waals surface area contributed by atoms with Crippen molar-refractivity contribution in [2.45, 2.75) is 26.3 Å². The van der Waals surface area contributed by atoms with Gasteiger partial charge in [-0.15, -0.1) is 0 Å². The van der Waals surface area contributed by atoms with E-state index in [0.29, 0.717) is 6.61 Å². The molecule has 0 fully saturated rings. The molecule has 0 heterocycles. The SMILES string of the molecule is CCc1ccc(OCC(N)c2cccc(C)c2)c(OC)c1. The van der Waals surface area contributed by atoms with Crippen molar-refractivity contribution in [2.24, 2.45) is 5.73 Å². The zero-order chi connectivity index (χ0) is 15.2. The molecule has 0 saturated heterocycles. The number of rotatable bonds is 6. The standard InChI is InChI=1S/C18H23NO2/c1-4-14-8-9-17(18(11-14)20-3)21-12-16(19)15-7-5-6-13(2)10-15/h5-11,16H,4,12,19H2,1-3H3. The molecular formula is C18H23NO2. The number of ether oxygens (including phenoxy) is 2. The fourth-order valence-corrected chi connectivity index (χ4v) is 2.23. The molecule has 2 rings (SSSR count). The van der Waals surface area contributed by atoms with E-state index in [1.807, 2.05) is 24.3 Å². The van der Waals surface area contributed by atoms with Gasteiger partial charge in [0, 0.05) is 0 Å². The lowest BCUT2D eigenvalue weighted by Gasteiger charge is -2.16. The van der Waals surface area contributed by atoms with Crippen LogP contribution in [0.15, 0.2) is 42.5 Å². The van der Waals surface area contributed by atoms with Crippen molar-refractivity contribution in [3.63, 3.8) is 0 Å². The van der Waals surface area contributed by atoms with Gasteiger partial charge in [0.25, 0.3) is 0 Å². The molecule has 2 aromatic carbocycles. The summed E-state index contributed by atoms with van der Waals surface area (Å²) >= 11 is 0. The Bertz CT molecular complexity index is 596. The van der Waals surface area contributed by atoms with Crippen molar-refractivity contribution in [3.05, 3.63) is 59.2 Å². The third kappa shape index (κ3) is 3.99. The zero-order valence-electron chi connectivity index (χ0n) is 12.9. The maximum absolute atomic E-state index is 6.19. The molecule has 0 bridgehead atoms. The highest BCUT2D eigenvalue weighted by atomic mass is 16.5. The lowest BCUT2D eigenvalue weighted by molar-refractivity contribution is 0.273. The van der Waals surface area contributed by atoms with Gasteiger partial charge in [-0.2, -0.15) is 0 Å². The first-order valence-electron chi connectivity index (χ1n) is 7.26. The molecule has 0 aliphatic heterocycles. The Morgan fingerprint density at radius 2 is 1.90 bits per heavy atom. The minimum absolute atomic E-state index is 0.152. The van der Waals surface area contributed by atoms with Crippen LogP contribution in [0, 0.1) is 6.92 Å². The molecule has 0 aliphatic rings. The Hall–Kier alpha value is -2.00. The number of nitrogens with two attached hydrogens (primary N) is 1. The highest BCUT2D eigenvalue weighted by Crippen LogP contribution is 2.29. The van der Waals surface area contributed by atoms with Crippen LogP contribution in [-0.2, 0) is 6.42 Å². The van der Waals surface area contributed by atoms with Crippen molar-refractivity contribution >= 4 is 0 Å². The van der Waals surface area contributed by atoms with Crippen molar-refractivity contribution in [1.82, 2.24) is 0 Å². The predicted octanol–water partition coefficient (Wildman–Crippen LogP) is 3.64. The van der Waals surface area contributed by atoms with Crippen LogP contribution in [0.3, 0.4) is 0 Å². The second-order valence-electron chi connectivity index (χ2n) is 5.17. The van der Waals surface area contributed by atoms with E-state index in [0.717, 1.165) is 23.5 Å². The van der Waals surface area contributed by atoms with Crippen molar-refractivity contribution in [2.75, 3.05) is 13.7 Å². The van der Waals surface area contributed by atoms with Gasteiger partial charge in [-0.1, -0.05) is 42.8 Å². The molecule has 112 valence electrons. The molecule has 0 saturated carbocycles. The van der Waals surface area contributed by atoms with Gasteiger partial charge in [-0.3, -0.25) is 0 Å². The Morgan fingerprint density at radius 1 is 1.10 bits per heavy atom. The number of hydrogen-bond acceptors (Lipinski definition) is 3. The van der Waals surface area contributed by atoms with Gasteiger partial charge in [-0.05, 0) is 36.6 Å². The average Bonchev–Trinajstić information content (AvgIpc) is 2.52. The van der Waals surface area contributed by atoms with E-state index in [4.69, 9.17) is 15.2 Å². The molecule has 1 unspecified atom stereocenters. The Morgan fingerprint density at radius 3 is 2.57 bits per heavy atom. The summed E-state index contributed by atoms with van der Waals surface area (Å²) in [5, 5.41) is 0. The van der Waals surface area contributed by atoms with Gasteiger partial charge >= 0.3 is 0 Å². The number of methoxy groups -OCH3 is 1. The fraction of sp³-hybridized carbons (Fsp3) is 0.333. The highest BCUT2D eigenvalue weighted by molar-refractivity contribution is 5.43. The zero-order valence-corrected chi connectivity index (χ0v) is 12.9. The molecule has 2 aromatic rings. The molecule has 0 amide bonds. The quantitative estimate of drug-likeness (QED) is 0.881. The van der Waals surface area contributed by atoms with E-state index in [2.05, 4.69) is 32.0 Å². The van der Waals surface area contributed by atoms with E-state index < -0.39 is 0 Å². The Labute approximate surface area is 126 Å². The first kappa shape index (κ1) is 15.4. The summed E-state index contributed by atoms with van der Waals surface area (Å²) < 4.78 is 11.2. The van der Waals surface area contributed by atoms with Crippen LogP contribution in [0.1, 0.15) is 29.7 Å². The van der Waals surface area contributed by atoms with Crippen molar-refractivity contribution in [1.29, 1.82) is 0 Å². The summed E-state index contributed by atoms with van der Waals surface area (Å²) in [5.74, 6) is 1.49. The smallest absolute Gasteiger partial charge is 0.161 e. The molecule has 1 atom stereocenters. The van der Waals surface area contributed by atoms with Gasteiger partial charge in [0.2, 0.25) is 0 Å². The lowest BCUT2D eigenvalue weighted by Crippen LogP contribution is -2.19. The average molecular weight is 285 g/mol. The molecule has 3 heteroatoms. The maximum atomic E-state index is 6.19. The second kappa shape index (κ2) is 7.14. The van der Waals surface area contributed by atoms with Crippen LogP contribution in [0.2, 0.25) is 0 Å². The van der Waals surface area contributed by atoms with E-state index in [9.17, 15) is 0 Å². The largest absolute Gasteiger partial charge is 0.493 e. The maximum Gasteiger partial charge on any atom is 0.161 e. The number of benzene rings is 2. The third-order valence-electron chi connectivity index (χ3n) is 3.52. The summed E-state index contributed by atoms with van der Waals surface area (Å²) in [5.41, 5.74) is 9.70. The minimum atomic E-state index is -0.152. The van der Waals surface area contributed by atoms with Gasteiger partial charge in [0.1, 0.15) is 6.61 Å². The summed E-state index contributed by atoms with van der Waals surface area (Å²) in [7, 11) is 1.65. The topological polar surface area (TPSA) is 44.5 Å². The van der Waals surface area contributed by atoms with E-state index in [1.165, 1.54) is 11.1 Å². The van der Waals surface area contributed by atoms with Crippen LogP contribution in [0.25, 0.3) is 0 Å². The molecule has 21 heavy (non-hydrogen) atoms. The lowest BCUT2D eigenvalue weighted by atomic mass is 10.1. The molecule has 0 aromatic heterocycles. The molecule has 3 nitrogen and oxygen atoms in total. The van der Waals surface area contributed by atoms with Gasteiger partial charge < -0.3 is 15.2 Å².